The Hall–Kier alpha value is -1.30. The number of aliphatic imine (C=N–C) groups is 1. The monoisotopic (exact) mass is 536 g/mol. The summed E-state index contributed by atoms with van der Waals surface area (Å²) in [5.74, 6) is -0.346. The number of ether oxygens (including phenoxy) is 1. The van der Waals surface area contributed by atoms with Gasteiger partial charge in [-0.05, 0) is 37.3 Å². The molecule has 3 rings (SSSR count). The summed E-state index contributed by atoms with van der Waals surface area (Å²) in [6.45, 7) is 6.13. The fourth-order valence-electron chi connectivity index (χ4n) is 3.20. The number of morpholine rings is 1. The highest BCUT2D eigenvalue weighted by Crippen LogP contribution is 2.27. The molecule has 1 fully saturated rings. The quantitative estimate of drug-likeness (QED) is 0.336. The Bertz CT molecular complexity index is 812. The zero-order chi connectivity index (χ0) is 19.9. The van der Waals surface area contributed by atoms with E-state index in [0.717, 1.165) is 38.4 Å². The Balaban J connectivity index is 0.00000300. The van der Waals surface area contributed by atoms with Crippen molar-refractivity contribution in [3.8, 4) is 0 Å². The number of halogens is 3. The van der Waals surface area contributed by atoms with Gasteiger partial charge in [-0.3, -0.25) is 9.89 Å². The lowest BCUT2D eigenvalue weighted by atomic mass is 10.2. The zero-order valence-corrected chi connectivity index (χ0v) is 19.7. The van der Waals surface area contributed by atoms with E-state index in [1.165, 1.54) is 15.8 Å². The second-order valence-corrected chi connectivity index (χ2v) is 7.97. The molecule has 9 heteroatoms. The first-order chi connectivity index (χ1) is 13.6. The van der Waals surface area contributed by atoms with E-state index in [2.05, 4.69) is 39.6 Å². The Labute approximate surface area is 191 Å². The standard InChI is InChI=1S/C20H26F2N4OS.HI/c1-14-3-6-19(28-14)18(26-7-9-27-10-8-26)13-25-20(23-2)24-12-15-11-16(21)4-5-17(15)22;/h3-6,11,18H,7-10,12-13H2,1-2H3,(H2,23,24,25);1H. The molecule has 0 spiro atoms. The maximum absolute atomic E-state index is 13.8. The summed E-state index contributed by atoms with van der Waals surface area (Å²) in [7, 11) is 1.66. The summed E-state index contributed by atoms with van der Waals surface area (Å²) in [5.41, 5.74) is 0.265. The third kappa shape index (κ3) is 6.87. The molecular weight excluding hydrogens is 509 g/mol. The summed E-state index contributed by atoms with van der Waals surface area (Å²) >= 11 is 1.79. The molecule has 1 aliphatic rings. The van der Waals surface area contributed by atoms with Crippen LogP contribution in [0.4, 0.5) is 8.78 Å². The second-order valence-electron chi connectivity index (χ2n) is 6.65. The molecule has 5 nitrogen and oxygen atoms in total. The maximum atomic E-state index is 13.8. The third-order valence-corrected chi connectivity index (χ3v) is 5.82. The van der Waals surface area contributed by atoms with E-state index in [4.69, 9.17) is 4.74 Å². The van der Waals surface area contributed by atoms with Gasteiger partial charge in [0.05, 0.1) is 19.3 Å². The Morgan fingerprint density at radius 3 is 2.62 bits per heavy atom. The van der Waals surface area contributed by atoms with Crippen molar-refractivity contribution < 1.29 is 13.5 Å². The van der Waals surface area contributed by atoms with Gasteiger partial charge in [-0.1, -0.05) is 0 Å². The first-order valence-corrected chi connectivity index (χ1v) is 10.1. The molecule has 0 aliphatic carbocycles. The van der Waals surface area contributed by atoms with Gasteiger partial charge < -0.3 is 15.4 Å². The molecule has 0 bridgehead atoms. The van der Waals surface area contributed by atoms with Gasteiger partial charge in [0.2, 0.25) is 0 Å². The van der Waals surface area contributed by atoms with Gasteiger partial charge in [0.15, 0.2) is 5.96 Å². The number of nitrogens with zero attached hydrogens (tertiary/aromatic N) is 2. The fraction of sp³-hybridized carbons (Fsp3) is 0.450. The largest absolute Gasteiger partial charge is 0.379 e. The number of nitrogens with one attached hydrogen (secondary N) is 2. The average Bonchev–Trinajstić information content (AvgIpc) is 3.13. The van der Waals surface area contributed by atoms with Crippen molar-refractivity contribution in [2.24, 2.45) is 4.99 Å². The number of guanidine groups is 1. The van der Waals surface area contributed by atoms with E-state index in [9.17, 15) is 8.78 Å². The van der Waals surface area contributed by atoms with Crippen LogP contribution in [0.3, 0.4) is 0 Å². The van der Waals surface area contributed by atoms with Crippen LogP contribution in [-0.2, 0) is 11.3 Å². The van der Waals surface area contributed by atoms with Crippen LogP contribution in [0, 0.1) is 18.6 Å². The Morgan fingerprint density at radius 1 is 1.21 bits per heavy atom. The van der Waals surface area contributed by atoms with Crippen molar-refractivity contribution in [2.75, 3.05) is 39.9 Å². The molecule has 0 amide bonds. The van der Waals surface area contributed by atoms with E-state index in [0.29, 0.717) is 12.5 Å². The SMILES string of the molecule is CN=C(NCc1cc(F)ccc1F)NCC(c1ccc(C)s1)N1CCOCC1.I. The summed E-state index contributed by atoms with van der Waals surface area (Å²) in [6.07, 6.45) is 0. The highest BCUT2D eigenvalue weighted by molar-refractivity contribution is 14.0. The van der Waals surface area contributed by atoms with Crippen LogP contribution in [0.5, 0.6) is 0 Å². The molecule has 2 heterocycles. The van der Waals surface area contributed by atoms with Crippen molar-refractivity contribution in [2.45, 2.75) is 19.5 Å². The van der Waals surface area contributed by atoms with Crippen molar-refractivity contribution >= 4 is 41.3 Å². The molecule has 2 aromatic rings. The maximum Gasteiger partial charge on any atom is 0.191 e. The van der Waals surface area contributed by atoms with Gasteiger partial charge in [0, 0.05) is 48.5 Å². The highest BCUT2D eigenvalue weighted by Gasteiger charge is 2.24. The zero-order valence-electron chi connectivity index (χ0n) is 16.6. The van der Waals surface area contributed by atoms with E-state index in [1.54, 1.807) is 18.4 Å². The molecule has 1 aliphatic heterocycles. The lowest BCUT2D eigenvalue weighted by molar-refractivity contribution is 0.0177. The smallest absolute Gasteiger partial charge is 0.191 e. The van der Waals surface area contributed by atoms with E-state index in [-0.39, 0.29) is 42.1 Å². The van der Waals surface area contributed by atoms with Crippen LogP contribution in [-0.4, -0.2) is 50.8 Å². The minimum atomic E-state index is -0.457. The number of aryl methyl sites for hydroxylation is 1. The molecule has 0 radical (unpaired) electrons. The molecule has 1 aromatic carbocycles. The first kappa shape index (κ1) is 24.0. The summed E-state index contributed by atoms with van der Waals surface area (Å²) in [5, 5.41) is 6.39. The molecule has 1 aromatic heterocycles. The van der Waals surface area contributed by atoms with Crippen LogP contribution in [0.2, 0.25) is 0 Å². The summed E-state index contributed by atoms with van der Waals surface area (Å²) in [4.78, 5) is 9.18. The molecule has 1 saturated heterocycles. The summed E-state index contributed by atoms with van der Waals surface area (Å²) in [6, 6.07) is 7.94. The third-order valence-electron chi connectivity index (χ3n) is 4.72. The number of rotatable bonds is 6. The van der Waals surface area contributed by atoms with Crippen molar-refractivity contribution in [3.05, 3.63) is 57.3 Å². The van der Waals surface area contributed by atoms with Crippen LogP contribution >= 0.6 is 35.3 Å². The molecule has 1 atom stereocenters. The van der Waals surface area contributed by atoms with Crippen molar-refractivity contribution in [1.29, 1.82) is 0 Å². The van der Waals surface area contributed by atoms with E-state index < -0.39 is 11.6 Å². The van der Waals surface area contributed by atoms with Gasteiger partial charge in [-0.2, -0.15) is 0 Å². The molecule has 160 valence electrons. The average molecular weight is 536 g/mol. The number of thiophene rings is 1. The van der Waals surface area contributed by atoms with Crippen LogP contribution < -0.4 is 10.6 Å². The van der Waals surface area contributed by atoms with E-state index >= 15 is 0 Å². The number of benzene rings is 1. The molecule has 0 saturated carbocycles. The van der Waals surface area contributed by atoms with Crippen LogP contribution in [0.1, 0.15) is 21.4 Å². The van der Waals surface area contributed by atoms with Crippen LogP contribution in [0.15, 0.2) is 35.3 Å². The van der Waals surface area contributed by atoms with Gasteiger partial charge in [0.1, 0.15) is 11.6 Å². The van der Waals surface area contributed by atoms with Gasteiger partial charge in [0.25, 0.3) is 0 Å². The molecule has 29 heavy (non-hydrogen) atoms. The predicted molar refractivity (Wildman–Crippen MR) is 124 cm³/mol. The normalized spacial score (nSPS) is 16.2. The van der Waals surface area contributed by atoms with Gasteiger partial charge >= 0.3 is 0 Å². The Kier molecular flexibility index (Phi) is 9.73. The van der Waals surface area contributed by atoms with Gasteiger partial charge in [-0.15, -0.1) is 35.3 Å². The Morgan fingerprint density at radius 2 is 1.97 bits per heavy atom. The lowest BCUT2D eigenvalue weighted by Gasteiger charge is -2.34. The first-order valence-electron chi connectivity index (χ1n) is 9.33. The van der Waals surface area contributed by atoms with Crippen LogP contribution in [0.25, 0.3) is 0 Å². The highest BCUT2D eigenvalue weighted by atomic mass is 127. The van der Waals surface area contributed by atoms with Crippen molar-refractivity contribution in [3.63, 3.8) is 0 Å². The minimum absolute atomic E-state index is 0. The predicted octanol–water partition coefficient (Wildman–Crippen LogP) is 3.69. The second kappa shape index (κ2) is 11.8. The minimum Gasteiger partial charge on any atom is -0.379 e. The summed E-state index contributed by atoms with van der Waals surface area (Å²) < 4.78 is 32.7. The molecule has 2 N–H and O–H groups in total. The van der Waals surface area contributed by atoms with Gasteiger partial charge in [-0.25, -0.2) is 8.78 Å². The van der Waals surface area contributed by atoms with E-state index in [1.807, 2.05) is 0 Å². The topological polar surface area (TPSA) is 48.9 Å². The van der Waals surface area contributed by atoms with Crippen molar-refractivity contribution in [1.82, 2.24) is 15.5 Å². The lowest BCUT2D eigenvalue weighted by Crippen LogP contribution is -2.46. The number of hydrogen-bond acceptors (Lipinski definition) is 4. The number of hydrogen-bond donors (Lipinski definition) is 2. The molecular formula is C20H27F2IN4OS. The fourth-order valence-corrected chi connectivity index (χ4v) is 4.22. The molecule has 1 unspecified atom stereocenters.